The molecule has 0 spiro atoms. The van der Waals surface area contributed by atoms with Gasteiger partial charge in [0.2, 0.25) is 0 Å². The number of amides is 2. The van der Waals surface area contributed by atoms with E-state index in [1.54, 1.807) is 0 Å². The Labute approximate surface area is 185 Å². The van der Waals surface area contributed by atoms with Gasteiger partial charge in [0, 0.05) is 16.9 Å². The molecule has 0 bridgehead atoms. The Morgan fingerprint density at radius 3 is 2.12 bits per heavy atom. The van der Waals surface area contributed by atoms with Crippen molar-refractivity contribution in [2.75, 3.05) is 10.6 Å². The van der Waals surface area contributed by atoms with Crippen LogP contribution < -0.4 is 16.0 Å². The molecule has 0 aliphatic heterocycles. The average Bonchev–Trinajstić information content (AvgIpc) is 2.74. The van der Waals surface area contributed by atoms with Gasteiger partial charge < -0.3 is 10.6 Å². The number of nitrogens with one attached hydrogen (secondary N) is 3. The molecule has 5 nitrogen and oxygen atoms in total. The van der Waals surface area contributed by atoms with E-state index >= 15 is 0 Å². The van der Waals surface area contributed by atoms with Gasteiger partial charge >= 0.3 is 6.18 Å². The molecule has 32 heavy (non-hydrogen) atoms. The predicted octanol–water partition coefficient (Wildman–Crippen LogP) is 5.22. The summed E-state index contributed by atoms with van der Waals surface area (Å²) in [5.41, 5.74) is -0.420. The highest BCUT2D eigenvalue weighted by molar-refractivity contribution is 7.80. The van der Waals surface area contributed by atoms with E-state index in [-0.39, 0.29) is 21.9 Å². The Morgan fingerprint density at radius 2 is 1.47 bits per heavy atom. The molecule has 0 fully saturated rings. The summed E-state index contributed by atoms with van der Waals surface area (Å²) in [6.07, 6.45) is -4.52. The van der Waals surface area contributed by atoms with Crippen LogP contribution in [-0.4, -0.2) is 16.9 Å². The van der Waals surface area contributed by atoms with Crippen molar-refractivity contribution in [1.82, 2.24) is 5.32 Å². The van der Waals surface area contributed by atoms with Gasteiger partial charge in [-0.15, -0.1) is 0 Å². The lowest BCUT2D eigenvalue weighted by atomic mass is 10.1. The summed E-state index contributed by atoms with van der Waals surface area (Å²) in [5.74, 6) is -2.02. The summed E-state index contributed by atoms with van der Waals surface area (Å²) in [6, 6.07) is 15.5. The maximum absolute atomic E-state index is 13.7. The Bertz CT molecular complexity index is 1160. The van der Waals surface area contributed by atoms with Crippen molar-refractivity contribution < 1.29 is 27.2 Å². The standard InChI is InChI=1S/C22H15F4N3O2S/c23-18-7-2-1-6-17(18)20(31)29-21(32)28-15-10-8-13(9-11-15)19(30)27-16-5-3-4-14(12-16)22(24,25)26/h1-12H,(H,27,30)(H2,28,29,31,32). The fraction of sp³-hybridized carbons (Fsp3) is 0.0455. The van der Waals surface area contributed by atoms with Gasteiger partial charge in [0.15, 0.2) is 5.11 Å². The van der Waals surface area contributed by atoms with Crippen LogP contribution >= 0.6 is 12.2 Å². The highest BCUT2D eigenvalue weighted by Crippen LogP contribution is 2.30. The Morgan fingerprint density at radius 1 is 0.781 bits per heavy atom. The zero-order chi connectivity index (χ0) is 23.3. The van der Waals surface area contributed by atoms with Crippen LogP contribution in [0, 0.1) is 5.82 Å². The van der Waals surface area contributed by atoms with Crippen LogP contribution in [0.15, 0.2) is 72.8 Å². The first kappa shape index (κ1) is 22.9. The minimum atomic E-state index is -4.52. The zero-order valence-electron chi connectivity index (χ0n) is 16.2. The van der Waals surface area contributed by atoms with Gasteiger partial charge in [-0.1, -0.05) is 18.2 Å². The predicted molar refractivity (Wildman–Crippen MR) is 116 cm³/mol. The third-order valence-electron chi connectivity index (χ3n) is 4.20. The summed E-state index contributed by atoms with van der Waals surface area (Å²) in [4.78, 5) is 24.4. The molecule has 0 aliphatic rings. The van der Waals surface area contributed by atoms with Crippen molar-refractivity contribution in [3.8, 4) is 0 Å². The molecule has 0 heterocycles. The van der Waals surface area contributed by atoms with Crippen LogP contribution in [0.4, 0.5) is 28.9 Å². The summed E-state index contributed by atoms with van der Waals surface area (Å²) in [6.45, 7) is 0. The van der Waals surface area contributed by atoms with Crippen LogP contribution in [-0.2, 0) is 6.18 Å². The first-order valence-corrected chi connectivity index (χ1v) is 9.50. The number of alkyl halides is 3. The summed E-state index contributed by atoms with van der Waals surface area (Å²) in [7, 11) is 0. The van der Waals surface area contributed by atoms with Gasteiger partial charge in [-0.3, -0.25) is 14.9 Å². The van der Waals surface area contributed by atoms with Gasteiger partial charge in [0.1, 0.15) is 5.82 Å². The van der Waals surface area contributed by atoms with Crippen molar-refractivity contribution in [3.05, 3.63) is 95.3 Å². The van der Waals surface area contributed by atoms with Gasteiger partial charge in [-0.2, -0.15) is 13.2 Å². The molecule has 0 aliphatic carbocycles. The van der Waals surface area contributed by atoms with E-state index < -0.39 is 29.4 Å². The largest absolute Gasteiger partial charge is 0.416 e. The molecule has 0 saturated heterocycles. The number of hydrogen-bond donors (Lipinski definition) is 3. The molecule has 10 heteroatoms. The number of carbonyl (C=O) groups excluding carboxylic acids is 2. The third-order valence-corrected chi connectivity index (χ3v) is 4.40. The Balaban J connectivity index is 1.60. The molecule has 3 aromatic carbocycles. The molecule has 0 aromatic heterocycles. The molecule has 0 unspecified atom stereocenters. The topological polar surface area (TPSA) is 70.2 Å². The van der Waals surface area contributed by atoms with E-state index in [0.717, 1.165) is 18.2 Å². The number of thiocarbonyl (C=S) groups is 1. The molecule has 2 amide bonds. The van der Waals surface area contributed by atoms with E-state index in [9.17, 15) is 27.2 Å². The van der Waals surface area contributed by atoms with Gasteiger partial charge in [-0.05, 0) is 66.8 Å². The minimum absolute atomic E-state index is 0.00376. The lowest BCUT2D eigenvalue weighted by Gasteiger charge is -2.11. The van der Waals surface area contributed by atoms with Crippen LogP contribution in [0.2, 0.25) is 0 Å². The highest BCUT2D eigenvalue weighted by atomic mass is 32.1. The van der Waals surface area contributed by atoms with E-state index in [4.69, 9.17) is 12.2 Å². The first-order chi connectivity index (χ1) is 15.1. The second-order valence-corrected chi connectivity index (χ2v) is 6.91. The van der Waals surface area contributed by atoms with Gasteiger partial charge in [-0.25, -0.2) is 4.39 Å². The van der Waals surface area contributed by atoms with Crippen LogP contribution in [0.1, 0.15) is 26.3 Å². The molecule has 0 saturated carbocycles. The lowest BCUT2D eigenvalue weighted by molar-refractivity contribution is -0.137. The van der Waals surface area contributed by atoms with E-state index in [0.29, 0.717) is 5.69 Å². The number of hydrogen-bond acceptors (Lipinski definition) is 3. The van der Waals surface area contributed by atoms with Crippen LogP contribution in [0.25, 0.3) is 0 Å². The van der Waals surface area contributed by atoms with E-state index in [1.165, 1.54) is 54.6 Å². The fourth-order valence-corrected chi connectivity index (χ4v) is 2.87. The fourth-order valence-electron chi connectivity index (χ4n) is 2.66. The van der Waals surface area contributed by atoms with Crippen molar-refractivity contribution >= 4 is 40.5 Å². The maximum Gasteiger partial charge on any atom is 0.416 e. The van der Waals surface area contributed by atoms with Crippen molar-refractivity contribution in [2.45, 2.75) is 6.18 Å². The Hall–Kier alpha value is -3.79. The minimum Gasteiger partial charge on any atom is -0.332 e. The van der Waals surface area contributed by atoms with Crippen molar-refractivity contribution in [2.24, 2.45) is 0 Å². The zero-order valence-corrected chi connectivity index (χ0v) is 17.0. The number of carbonyl (C=O) groups is 2. The number of rotatable bonds is 4. The monoisotopic (exact) mass is 461 g/mol. The molecule has 0 radical (unpaired) electrons. The molecule has 3 aromatic rings. The second kappa shape index (κ2) is 9.56. The molecule has 164 valence electrons. The average molecular weight is 461 g/mol. The van der Waals surface area contributed by atoms with Gasteiger partial charge in [0.25, 0.3) is 11.8 Å². The molecule has 0 atom stereocenters. The second-order valence-electron chi connectivity index (χ2n) is 6.50. The summed E-state index contributed by atoms with van der Waals surface area (Å²) >= 11 is 5.03. The SMILES string of the molecule is O=C(Nc1cccc(C(F)(F)F)c1)c1ccc(NC(=S)NC(=O)c2ccccc2F)cc1. The number of benzene rings is 3. The maximum atomic E-state index is 13.7. The molecule has 3 N–H and O–H groups in total. The van der Waals surface area contributed by atoms with Gasteiger partial charge in [0.05, 0.1) is 11.1 Å². The normalized spacial score (nSPS) is 10.9. The van der Waals surface area contributed by atoms with Crippen LogP contribution in [0.5, 0.6) is 0 Å². The first-order valence-electron chi connectivity index (χ1n) is 9.09. The van der Waals surface area contributed by atoms with Crippen molar-refractivity contribution in [1.29, 1.82) is 0 Å². The molecule has 3 rings (SSSR count). The number of anilines is 2. The van der Waals surface area contributed by atoms with E-state index in [2.05, 4.69) is 16.0 Å². The smallest absolute Gasteiger partial charge is 0.332 e. The van der Waals surface area contributed by atoms with E-state index in [1.807, 2.05) is 0 Å². The third kappa shape index (κ3) is 5.88. The lowest BCUT2D eigenvalue weighted by Crippen LogP contribution is -2.34. The van der Waals surface area contributed by atoms with Crippen molar-refractivity contribution in [3.63, 3.8) is 0 Å². The number of halogens is 4. The molecular formula is C22H15F4N3O2S. The summed E-state index contributed by atoms with van der Waals surface area (Å²) < 4.78 is 52.0. The quantitative estimate of drug-likeness (QED) is 0.368. The van der Waals surface area contributed by atoms with Crippen LogP contribution in [0.3, 0.4) is 0 Å². The molecular weight excluding hydrogens is 446 g/mol. The Kier molecular flexibility index (Phi) is 6.84. The highest BCUT2D eigenvalue weighted by Gasteiger charge is 2.30. The summed E-state index contributed by atoms with van der Waals surface area (Å²) in [5, 5.41) is 7.38.